The third-order valence-electron chi connectivity index (χ3n) is 1.66. The minimum atomic E-state index is 0.549. The third kappa shape index (κ3) is 1.48. The second-order valence-electron chi connectivity index (χ2n) is 2.28. The molecule has 1 heteroatoms. The van der Waals surface area contributed by atoms with E-state index in [0.29, 0.717) is 12.7 Å². The van der Waals surface area contributed by atoms with Gasteiger partial charge in [0.25, 0.3) is 0 Å². The van der Waals surface area contributed by atoms with Crippen molar-refractivity contribution < 1.29 is 4.74 Å². The van der Waals surface area contributed by atoms with Gasteiger partial charge >= 0.3 is 0 Å². The normalized spacial score (nSPS) is 22.1. The Balaban J connectivity index is 2.06. The van der Waals surface area contributed by atoms with Crippen LogP contribution in [0.15, 0.2) is 0 Å². The van der Waals surface area contributed by atoms with Gasteiger partial charge in [-0.2, -0.15) is 0 Å². The summed E-state index contributed by atoms with van der Waals surface area (Å²) in [6.07, 6.45) is 5.77. The van der Waals surface area contributed by atoms with E-state index >= 15 is 0 Å². The van der Waals surface area contributed by atoms with Gasteiger partial charge in [-0.15, -0.1) is 0 Å². The Morgan fingerprint density at radius 3 is 2.50 bits per heavy atom. The van der Waals surface area contributed by atoms with E-state index in [1.165, 1.54) is 25.7 Å². The first-order chi connectivity index (χ1) is 3.93. The highest BCUT2D eigenvalue weighted by molar-refractivity contribution is 4.66. The quantitative estimate of drug-likeness (QED) is 0.530. The Morgan fingerprint density at radius 2 is 2.00 bits per heavy atom. The molecule has 0 spiro atoms. The average Bonchev–Trinajstić information content (AvgIpc) is 2.19. The molecule has 1 aliphatic carbocycles. The third-order valence-corrected chi connectivity index (χ3v) is 1.66. The van der Waals surface area contributed by atoms with E-state index in [0.717, 1.165) is 0 Å². The first-order valence-electron chi connectivity index (χ1n) is 3.34. The molecule has 0 aromatic carbocycles. The van der Waals surface area contributed by atoms with Crippen LogP contribution in [-0.4, -0.2) is 12.7 Å². The minimum absolute atomic E-state index is 0.549. The van der Waals surface area contributed by atoms with Crippen molar-refractivity contribution in [3.63, 3.8) is 0 Å². The highest BCUT2D eigenvalue weighted by Crippen LogP contribution is 2.20. The summed E-state index contributed by atoms with van der Waals surface area (Å²) in [5.74, 6) is 0. The molecule has 1 aliphatic rings. The van der Waals surface area contributed by atoms with E-state index < -0.39 is 0 Å². The summed E-state index contributed by atoms with van der Waals surface area (Å²) in [7, 11) is 0. The van der Waals surface area contributed by atoms with Gasteiger partial charge in [0.2, 0.25) is 0 Å². The summed E-state index contributed by atoms with van der Waals surface area (Å²) in [5.41, 5.74) is 0. The van der Waals surface area contributed by atoms with Crippen molar-refractivity contribution in [2.75, 3.05) is 6.61 Å². The number of ether oxygens (including phenoxy) is 1. The van der Waals surface area contributed by atoms with E-state index in [-0.39, 0.29) is 0 Å². The molecule has 8 heavy (non-hydrogen) atoms. The lowest BCUT2D eigenvalue weighted by atomic mass is 10.3. The van der Waals surface area contributed by atoms with Gasteiger partial charge in [-0.05, 0) is 19.8 Å². The van der Waals surface area contributed by atoms with Crippen LogP contribution >= 0.6 is 0 Å². The van der Waals surface area contributed by atoms with Gasteiger partial charge in [0.05, 0.1) is 6.10 Å². The van der Waals surface area contributed by atoms with E-state index in [1.54, 1.807) is 0 Å². The Morgan fingerprint density at radius 1 is 1.38 bits per heavy atom. The SMILES string of the molecule is [CH2]COC1CCCC1. The van der Waals surface area contributed by atoms with Gasteiger partial charge < -0.3 is 4.74 Å². The first kappa shape index (κ1) is 6.09. The largest absolute Gasteiger partial charge is 0.378 e. The summed E-state index contributed by atoms with van der Waals surface area (Å²) in [6.45, 7) is 4.27. The van der Waals surface area contributed by atoms with E-state index in [2.05, 4.69) is 6.92 Å². The van der Waals surface area contributed by atoms with E-state index in [4.69, 9.17) is 4.74 Å². The summed E-state index contributed by atoms with van der Waals surface area (Å²) >= 11 is 0. The van der Waals surface area contributed by atoms with Crippen molar-refractivity contribution in [3.05, 3.63) is 6.92 Å². The van der Waals surface area contributed by atoms with Gasteiger partial charge in [-0.1, -0.05) is 12.8 Å². The molecule has 1 rings (SSSR count). The molecule has 0 N–H and O–H groups in total. The predicted molar refractivity (Wildman–Crippen MR) is 33.6 cm³/mol. The summed E-state index contributed by atoms with van der Waals surface area (Å²) in [4.78, 5) is 0. The van der Waals surface area contributed by atoms with Crippen molar-refractivity contribution in [3.8, 4) is 0 Å². The van der Waals surface area contributed by atoms with Crippen LogP contribution in [0.1, 0.15) is 25.7 Å². The molecule has 0 atom stereocenters. The fraction of sp³-hybridized carbons (Fsp3) is 0.857. The van der Waals surface area contributed by atoms with Crippen molar-refractivity contribution in [2.45, 2.75) is 31.8 Å². The van der Waals surface area contributed by atoms with Crippen molar-refractivity contribution >= 4 is 0 Å². The van der Waals surface area contributed by atoms with Crippen LogP contribution in [0.4, 0.5) is 0 Å². The Hall–Kier alpha value is -0.0400. The fourth-order valence-electron chi connectivity index (χ4n) is 1.22. The van der Waals surface area contributed by atoms with E-state index in [1.807, 2.05) is 0 Å². The highest BCUT2D eigenvalue weighted by atomic mass is 16.5. The zero-order valence-electron chi connectivity index (χ0n) is 5.23. The fourth-order valence-corrected chi connectivity index (χ4v) is 1.22. The van der Waals surface area contributed by atoms with Gasteiger partial charge in [-0.25, -0.2) is 0 Å². The van der Waals surface area contributed by atoms with Crippen LogP contribution in [0, 0.1) is 6.92 Å². The molecule has 1 saturated carbocycles. The van der Waals surface area contributed by atoms with Crippen molar-refractivity contribution in [2.24, 2.45) is 0 Å². The predicted octanol–water partition coefficient (Wildman–Crippen LogP) is 1.78. The average molecular weight is 113 g/mol. The molecule has 1 nitrogen and oxygen atoms in total. The van der Waals surface area contributed by atoms with Crippen LogP contribution in [-0.2, 0) is 4.74 Å². The molecule has 1 fully saturated rings. The number of rotatable bonds is 2. The van der Waals surface area contributed by atoms with Crippen LogP contribution in [0.5, 0.6) is 0 Å². The van der Waals surface area contributed by atoms with Crippen molar-refractivity contribution in [1.82, 2.24) is 0 Å². The lowest BCUT2D eigenvalue weighted by Gasteiger charge is -2.06. The number of hydrogen-bond donors (Lipinski definition) is 0. The molecule has 0 aromatic heterocycles. The lowest BCUT2D eigenvalue weighted by Crippen LogP contribution is -2.05. The molecular formula is C7H13O. The Labute approximate surface area is 51.0 Å². The van der Waals surface area contributed by atoms with Crippen LogP contribution in [0.2, 0.25) is 0 Å². The lowest BCUT2D eigenvalue weighted by molar-refractivity contribution is 0.0789. The maximum absolute atomic E-state index is 5.29. The standard InChI is InChI=1S/C7H13O/c1-2-8-7-5-3-4-6-7/h7H,1-6H2. The molecule has 0 heterocycles. The topological polar surface area (TPSA) is 9.23 Å². The van der Waals surface area contributed by atoms with Crippen LogP contribution < -0.4 is 0 Å². The minimum Gasteiger partial charge on any atom is -0.378 e. The van der Waals surface area contributed by atoms with Crippen molar-refractivity contribution in [1.29, 1.82) is 0 Å². The Bertz CT molecular complexity index is 55.4. The van der Waals surface area contributed by atoms with Gasteiger partial charge in [-0.3, -0.25) is 0 Å². The van der Waals surface area contributed by atoms with E-state index in [9.17, 15) is 0 Å². The van der Waals surface area contributed by atoms with Gasteiger partial charge in [0, 0.05) is 6.61 Å². The summed E-state index contributed by atoms with van der Waals surface area (Å²) in [6, 6.07) is 0. The molecule has 1 radical (unpaired) electrons. The first-order valence-corrected chi connectivity index (χ1v) is 3.34. The zero-order chi connectivity index (χ0) is 5.82. The smallest absolute Gasteiger partial charge is 0.0575 e. The van der Waals surface area contributed by atoms with Gasteiger partial charge in [0.15, 0.2) is 0 Å². The molecule has 0 aromatic rings. The maximum Gasteiger partial charge on any atom is 0.0575 e. The second kappa shape index (κ2) is 3.08. The Kier molecular flexibility index (Phi) is 2.34. The van der Waals surface area contributed by atoms with Gasteiger partial charge in [0.1, 0.15) is 0 Å². The molecular weight excluding hydrogens is 100 g/mol. The molecule has 0 bridgehead atoms. The van der Waals surface area contributed by atoms with Crippen LogP contribution in [0.3, 0.4) is 0 Å². The highest BCUT2D eigenvalue weighted by Gasteiger charge is 2.13. The molecule has 0 saturated heterocycles. The van der Waals surface area contributed by atoms with Crippen LogP contribution in [0.25, 0.3) is 0 Å². The monoisotopic (exact) mass is 113 g/mol. The molecule has 47 valence electrons. The summed E-state index contributed by atoms with van der Waals surface area (Å²) < 4.78 is 5.29. The summed E-state index contributed by atoms with van der Waals surface area (Å²) in [5, 5.41) is 0. The maximum atomic E-state index is 5.29. The molecule has 0 aliphatic heterocycles. The zero-order valence-corrected chi connectivity index (χ0v) is 5.23. The number of hydrogen-bond acceptors (Lipinski definition) is 1. The molecule has 0 unspecified atom stereocenters. The molecule has 0 amide bonds. The second-order valence-corrected chi connectivity index (χ2v) is 2.28.